The Kier molecular flexibility index (Phi) is 14.4. The molecule has 3 aromatic rings. The molecule has 0 saturated carbocycles. The Hall–Kier alpha value is -3.87. The number of ether oxygens (including phenoxy) is 7. The Balaban J connectivity index is 1.36. The van der Waals surface area contributed by atoms with E-state index >= 15 is 0 Å². The molecule has 5 rings (SSSR count). The summed E-state index contributed by atoms with van der Waals surface area (Å²) in [6, 6.07) is 23.7. The Labute approximate surface area is 289 Å². The molecule has 266 valence electrons. The van der Waals surface area contributed by atoms with Crippen molar-refractivity contribution in [2.45, 2.75) is 44.2 Å². The number of methoxy groups -OCH3 is 2. The minimum atomic E-state index is -0.447. The van der Waals surface area contributed by atoms with Gasteiger partial charge in [0.1, 0.15) is 24.7 Å². The Bertz CT molecular complexity index is 1410. The molecule has 11 heteroatoms. The molecule has 0 spiro atoms. The number of fused-ring (bicyclic) bond motifs is 1. The lowest BCUT2D eigenvalue weighted by molar-refractivity contribution is -0.0955. The Morgan fingerprint density at radius 2 is 1.59 bits per heavy atom. The summed E-state index contributed by atoms with van der Waals surface area (Å²) in [7, 11) is 3.40. The highest BCUT2D eigenvalue weighted by molar-refractivity contribution is 5.68. The highest BCUT2D eigenvalue weighted by atomic mass is 16.6. The predicted octanol–water partition coefficient (Wildman–Crippen LogP) is 5.04. The van der Waals surface area contributed by atoms with Gasteiger partial charge in [0.15, 0.2) is 0 Å². The summed E-state index contributed by atoms with van der Waals surface area (Å²) in [5, 5.41) is 9.69. The van der Waals surface area contributed by atoms with Gasteiger partial charge in [-0.3, -0.25) is 0 Å². The lowest BCUT2D eigenvalue weighted by Gasteiger charge is -2.43. The fourth-order valence-electron chi connectivity index (χ4n) is 6.30. The summed E-state index contributed by atoms with van der Waals surface area (Å²) in [6.07, 6.45) is 0.398. The zero-order valence-electron chi connectivity index (χ0n) is 28.7. The molecule has 1 N–H and O–H groups in total. The van der Waals surface area contributed by atoms with Gasteiger partial charge in [-0.2, -0.15) is 0 Å². The first-order valence-corrected chi connectivity index (χ1v) is 17.1. The second-order valence-electron chi connectivity index (χ2n) is 12.2. The average Bonchev–Trinajstić information content (AvgIpc) is 3.14. The molecule has 2 heterocycles. The van der Waals surface area contributed by atoms with Crippen LogP contribution in [0, 0.1) is 0 Å². The summed E-state index contributed by atoms with van der Waals surface area (Å²) >= 11 is 0. The predicted molar refractivity (Wildman–Crippen MR) is 185 cm³/mol. The highest BCUT2D eigenvalue weighted by Gasteiger charge is 2.41. The second-order valence-corrected chi connectivity index (χ2v) is 12.2. The molecule has 1 amide bonds. The number of carbonyl (C=O) groups excluding carboxylic acids is 1. The van der Waals surface area contributed by atoms with Crippen molar-refractivity contribution in [2.75, 3.05) is 84.9 Å². The molecule has 11 nitrogen and oxygen atoms in total. The van der Waals surface area contributed by atoms with E-state index in [-0.39, 0.29) is 25.7 Å². The quantitative estimate of drug-likeness (QED) is 0.184. The zero-order valence-corrected chi connectivity index (χ0v) is 28.7. The van der Waals surface area contributed by atoms with Crippen LogP contribution in [-0.4, -0.2) is 108 Å². The number of benzene rings is 3. The summed E-state index contributed by atoms with van der Waals surface area (Å²) in [5.74, 6) is 1.40. The fourth-order valence-corrected chi connectivity index (χ4v) is 6.30. The third-order valence-corrected chi connectivity index (χ3v) is 8.74. The number of aliphatic hydroxyl groups excluding tert-OH is 1. The van der Waals surface area contributed by atoms with Crippen molar-refractivity contribution in [1.82, 2.24) is 4.90 Å². The molecule has 0 aromatic heterocycles. The Morgan fingerprint density at radius 3 is 2.35 bits per heavy atom. The first-order valence-electron chi connectivity index (χ1n) is 17.1. The van der Waals surface area contributed by atoms with Crippen molar-refractivity contribution in [3.63, 3.8) is 0 Å². The zero-order chi connectivity index (χ0) is 34.3. The maximum absolute atomic E-state index is 13.4. The van der Waals surface area contributed by atoms with Gasteiger partial charge in [0.25, 0.3) is 0 Å². The van der Waals surface area contributed by atoms with E-state index in [0.29, 0.717) is 46.1 Å². The number of amides is 1. The summed E-state index contributed by atoms with van der Waals surface area (Å²) in [6.45, 7) is 5.28. The van der Waals surface area contributed by atoms with Crippen LogP contribution in [0.2, 0.25) is 0 Å². The topological polar surface area (TPSA) is 108 Å². The molecule has 1 fully saturated rings. The van der Waals surface area contributed by atoms with E-state index in [0.717, 1.165) is 59.8 Å². The number of nitrogens with zero attached hydrogens (tertiary/aromatic N) is 2. The minimum absolute atomic E-state index is 0.130. The molecular formula is C38H50N2O9. The van der Waals surface area contributed by atoms with Crippen LogP contribution in [0.4, 0.5) is 10.5 Å². The highest BCUT2D eigenvalue weighted by Crippen LogP contribution is 2.36. The number of hydrogen-bond donors (Lipinski definition) is 1. The van der Waals surface area contributed by atoms with Crippen LogP contribution in [0.5, 0.6) is 11.5 Å². The van der Waals surface area contributed by atoms with Crippen molar-refractivity contribution in [1.29, 1.82) is 0 Å². The monoisotopic (exact) mass is 678 g/mol. The van der Waals surface area contributed by atoms with Gasteiger partial charge in [-0.1, -0.05) is 48.5 Å². The van der Waals surface area contributed by atoms with Crippen molar-refractivity contribution >= 4 is 11.8 Å². The molecule has 2 aliphatic heterocycles. The first kappa shape index (κ1) is 36.4. The molecule has 0 bridgehead atoms. The van der Waals surface area contributed by atoms with Gasteiger partial charge in [-0.25, -0.2) is 4.79 Å². The molecule has 2 aliphatic rings. The first-order chi connectivity index (χ1) is 24.1. The van der Waals surface area contributed by atoms with Crippen LogP contribution < -0.4 is 14.4 Å². The summed E-state index contributed by atoms with van der Waals surface area (Å²) < 4.78 is 40.9. The van der Waals surface area contributed by atoms with Crippen molar-refractivity contribution in [2.24, 2.45) is 0 Å². The van der Waals surface area contributed by atoms with Crippen LogP contribution in [-0.2, 0) is 36.9 Å². The molecule has 3 aromatic carbocycles. The maximum atomic E-state index is 13.4. The van der Waals surface area contributed by atoms with Crippen LogP contribution in [0.15, 0.2) is 72.8 Å². The van der Waals surface area contributed by atoms with E-state index in [1.165, 1.54) is 0 Å². The van der Waals surface area contributed by atoms with E-state index in [1.54, 1.807) is 19.1 Å². The van der Waals surface area contributed by atoms with Crippen LogP contribution in [0.3, 0.4) is 0 Å². The molecule has 0 radical (unpaired) electrons. The number of anilines is 1. The van der Waals surface area contributed by atoms with Gasteiger partial charge >= 0.3 is 6.09 Å². The number of likely N-dealkylation sites (tertiary alicyclic amines) is 1. The molecule has 0 aliphatic carbocycles. The molecule has 49 heavy (non-hydrogen) atoms. The lowest BCUT2D eigenvalue weighted by Crippen LogP contribution is -2.54. The van der Waals surface area contributed by atoms with Gasteiger partial charge in [0.2, 0.25) is 0 Å². The number of aliphatic hydroxyl groups is 1. The summed E-state index contributed by atoms with van der Waals surface area (Å²) in [5.41, 5.74) is 3.94. The van der Waals surface area contributed by atoms with Crippen LogP contribution >= 0.6 is 0 Å². The van der Waals surface area contributed by atoms with E-state index < -0.39 is 18.3 Å². The number of carbonyl (C=O) groups is 1. The standard InChI is InChI=1S/C38H50N2O9/c1-43-19-6-16-39-17-22-46-34-15-10-30(24-33(34)39)28-48-36-26-40(38(42)49-27-29-8-4-3-5-9-29)25-35(47-23-18-41)37(36)31-11-13-32(14-12-31)45-21-7-20-44-2/h3-5,8-15,24,35-37,41H,6-7,16-23,25-28H2,1-2H3/t35-,36+,37+/m1/s1. The van der Waals surface area contributed by atoms with Gasteiger partial charge in [0, 0.05) is 46.3 Å². The van der Waals surface area contributed by atoms with Gasteiger partial charge in [-0.15, -0.1) is 0 Å². The summed E-state index contributed by atoms with van der Waals surface area (Å²) in [4.78, 5) is 17.4. The molecule has 3 atom stereocenters. The molecule has 0 unspecified atom stereocenters. The Morgan fingerprint density at radius 1 is 0.837 bits per heavy atom. The normalized spacial score (nSPS) is 18.9. The van der Waals surface area contributed by atoms with Gasteiger partial charge in [0.05, 0.1) is 64.0 Å². The number of piperidine rings is 1. The fraction of sp³-hybridized carbons (Fsp3) is 0.500. The third-order valence-electron chi connectivity index (χ3n) is 8.74. The van der Waals surface area contributed by atoms with E-state index in [2.05, 4.69) is 11.0 Å². The molecule has 1 saturated heterocycles. The van der Waals surface area contributed by atoms with E-state index in [4.69, 9.17) is 33.2 Å². The van der Waals surface area contributed by atoms with Gasteiger partial charge in [-0.05, 0) is 47.4 Å². The van der Waals surface area contributed by atoms with Crippen molar-refractivity contribution in [3.8, 4) is 11.5 Å². The van der Waals surface area contributed by atoms with Crippen molar-refractivity contribution < 1.29 is 43.1 Å². The lowest BCUT2D eigenvalue weighted by atomic mass is 9.84. The minimum Gasteiger partial charge on any atom is -0.494 e. The number of hydrogen-bond acceptors (Lipinski definition) is 10. The van der Waals surface area contributed by atoms with Gasteiger partial charge < -0.3 is 48.1 Å². The number of rotatable bonds is 18. The van der Waals surface area contributed by atoms with Crippen molar-refractivity contribution in [3.05, 3.63) is 89.5 Å². The average molecular weight is 679 g/mol. The van der Waals surface area contributed by atoms with E-state index in [1.807, 2.05) is 66.7 Å². The van der Waals surface area contributed by atoms with E-state index in [9.17, 15) is 9.90 Å². The maximum Gasteiger partial charge on any atom is 0.410 e. The van der Waals surface area contributed by atoms with Crippen LogP contribution in [0.1, 0.15) is 35.4 Å². The SMILES string of the molecule is COCCCOc1ccc([C@@H]2[C@@H](OCc3ccc4c(c3)N(CCCOC)CCO4)CN(C(=O)OCc3ccccc3)C[C@H]2OCCO)cc1. The van der Waals surface area contributed by atoms with Crippen LogP contribution in [0.25, 0.3) is 0 Å². The smallest absolute Gasteiger partial charge is 0.410 e. The largest absolute Gasteiger partial charge is 0.494 e. The molecular weight excluding hydrogens is 628 g/mol. The second kappa shape index (κ2) is 19.4. The third kappa shape index (κ3) is 10.6.